The van der Waals surface area contributed by atoms with Gasteiger partial charge in [-0.15, -0.1) is 0 Å². The van der Waals surface area contributed by atoms with Crippen LogP contribution in [0.1, 0.15) is 26.7 Å². The topological polar surface area (TPSA) is 98.3 Å². The van der Waals surface area contributed by atoms with Crippen LogP contribution >= 0.6 is 0 Å². The van der Waals surface area contributed by atoms with Gasteiger partial charge in [-0.2, -0.15) is 0 Å². The highest BCUT2D eigenvalue weighted by atomic mass is 32.2. The molecule has 0 unspecified atom stereocenters. The van der Waals surface area contributed by atoms with Crippen LogP contribution in [0.5, 0.6) is 0 Å². The lowest BCUT2D eigenvalue weighted by molar-refractivity contribution is 0.122. The minimum atomic E-state index is -3.03. The Morgan fingerprint density at radius 3 is 1.97 bits per heavy atom. The lowest BCUT2D eigenvalue weighted by Crippen LogP contribution is -2.58. The number of fused-ring (bicyclic) bond motifs is 4. The minimum absolute atomic E-state index is 0.0291. The second-order valence-electron chi connectivity index (χ2n) is 11.1. The SMILES string of the molecule is CC1(C)C[C@@H]2CN(c3ccc(N4CCS(=O)(=O)CC4)cc3)[C@@H]1CCN2C(=O)N1CCS(=O)(=O)CC1. The number of hydrogen-bond acceptors (Lipinski definition) is 7. The van der Waals surface area contributed by atoms with Gasteiger partial charge in [-0.25, -0.2) is 21.6 Å². The Morgan fingerprint density at radius 2 is 1.37 bits per heavy atom. The number of nitrogens with zero attached hydrogens (tertiary/aromatic N) is 4. The maximum Gasteiger partial charge on any atom is 0.320 e. The monoisotopic (exact) mass is 524 g/mol. The van der Waals surface area contributed by atoms with Crippen molar-refractivity contribution in [1.29, 1.82) is 0 Å². The minimum Gasteiger partial charge on any atom is -0.369 e. The van der Waals surface area contributed by atoms with E-state index in [1.54, 1.807) is 4.90 Å². The fourth-order valence-corrected chi connectivity index (χ4v) is 8.63. The summed E-state index contributed by atoms with van der Waals surface area (Å²) in [7, 11) is -5.95. The molecule has 5 saturated heterocycles. The lowest BCUT2D eigenvalue weighted by Gasteiger charge is -2.49. The van der Waals surface area contributed by atoms with Crippen molar-refractivity contribution in [2.75, 3.05) is 72.1 Å². The number of sulfone groups is 2. The summed E-state index contributed by atoms with van der Waals surface area (Å²) in [5.41, 5.74) is 2.20. The van der Waals surface area contributed by atoms with Crippen LogP contribution in [0.25, 0.3) is 0 Å². The average molecular weight is 525 g/mol. The molecule has 2 bridgehead atoms. The van der Waals surface area contributed by atoms with Crippen LogP contribution in [0.3, 0.4) is 0 Å². The van der Waals surface area contributed by atoms with E-state index in [1.807, 2.05) is 4.90 Å². The summed E-state index contributed by atoms with van der Waals surface area (Å²) in [5, 5.41) is 0. The number of carbonyl (C=O) groups excluding carboxylic acids is 1. The normalized spacial score (nSPS) is 29.7. The second kappa shape index (κ2) is 8.83. The number of hydrogen-bond donors (Lipinski definition) is 0. The fraction of sp³-hybridized carbons (Fsp3) is 0.708. The van der Waals surface area contributed by atoms with E-state index in [9.17, 15) is 21.6 Å². The summed E-state index contributed by atoms with van der Waals surface area (Å²) in [5.74, 6) is 0.497. The van der Waals surface area contributed by atoms with E-state index in [-0.39, 0.29) is 53.6 Å². The molecule has 0 radical (unpaired) electrons. The summed E-state index contributed by atoms with van der Waals surface area (Å²) < 4.78 is 47.2. The van der Waals surface area contributed by atoms with Gasteiger partial charge in [0.15, 0.2) is 19.7 Å². The van der Waals surface area contributed by atoms with Gasteiger partial charge in [-0.3, -0.25) is 0 Å². The zero-order valence-electron chi connectivity index (χ0n) is 20.6. The van der Waals surface area contributed by atoms with Crippen molar-refractivity contribution in [3.8, 4) is 0 Å². The Bertz CT molecular complexity index is 1150. The Kier molecular flexibility index (Phi) is 6.22. The molecule has 9 nitrogen and oxygen atoms in total. The third kappa shape index (κ3) is 4.98. The van der Waals surface area contributed by atoms with Crippen molar-refractivity contribution in [1.82, 2.24) is 9.80 Å². The molecule has 6 rings (SSSR count). The molecular formula is C24H36N4O5S2. The molecule has 1 aromatic rings. The average Bonchev–Trinajstić information content (AvgIpc) is 3.06. The molecule has 0 spiro atoms. The second-order valence-corrected chi connectivity index (χ2v) is 15.7. The predicted octanol–water partition coefficient (Wildman–Crippen LogP) is 1.45. The molecule has 194 valence electrons. The van der Waals surface area contributed by atoms with E-state index in [1.165, 1.54) is 0 Å². The van der Waals surface area contributed by atoms with Gasteiger partial charge in [0.05, 0.1) is 29.1 Å². The summed E-state index contributed by atoms with van der Waals surface area (Å²) in [6.07, 6.45) is 1.79. The Hall–Kier alpha value is -2.01. The largest absolute Gasteiger partial charge is 0.369 e. The van der Waals surface area contributed by atoms with Crippen LogP contribution in [0, 0.1) is 5.41 Å². The molecule has 11 heteroatoms. The number of anilines is 2. The van der Waals surface area contributed by atoms with E-state index < -0.39 is 19.7 Å². The van der Waals surface area contributed by atoms with Gasteiger partial charge in [-0.1, -0.05) is 13.8 Å². The van der Waals surface area contributed by atoms with Gasteiger partial charge in [0.2, 0.25) is 0 Å². The molecule has 5 heterocycles. The van der Waals surface area contributed by atoms with Crippen LogP contribution in [-0.2, 0) is 19.7 Å². The van der Waals surface area contributed by atoms with Gasteiger partial charge >= 0.3 is 6.03 Å². The first-order valence-electron chi connectivity index (χ1n) is 12.5. The van der Waals surface area contributed by atoms with Crippen LogP contribution in [0.4, 0.5) is 16.2 Å². The Morgan fingerprint density at radius 1 is 0.829 bits per heavy atom. The van der Waals surface area contributed by atoms with E-state index in [0.29, 0.717) is 25.7 Å². The molecule has 5 fully saturated rings. The zero-order chi connectivity index (χ0) is 25.0. The van der Waals surface area contributed by atoms with E-state index in [0.717, 1.165) is 30.8 Å². The van der Waals surface area contributed by atoms with Crippen LogP contribution < -0.4 is 9.80 Å². The van der Waals surface area contributed by atoms with Crippen LogP contribution in [0.15, 0.2) is 24.3 Å². The number of amides is 2. The zero-order valence-corrected chi connectivity index (χ0v) is 22.2. The van der Waals surface area contributed by atoms with Crippen molar-refractivity contribution in [3.05, 3.63) is 24.3 Å². The molecular weight excluding hydrogens is 488 g/mol. The van der Waals surface area contributed by atoms with Crippen molar-refractivity contribution in [2.45, 2.75) is 38.8 Å². The van der Waals surface area contributed by atoms with Gasteiger partial charge in [-0.05, 0) is 42.5 Å². The summed E-state index contributed by atoms with van der Waals surface area (Å²) in [4.78, 5) is 21.7. The van der Waals surface area contributed by atoms with Crippen molar-refractivity contribution >= 4 is 37.1 Å². The molecule has 0 saturated carbocycles. The number of urea groups is 1. The first kappa shape index (κ1) is 24.7. The van der Waals surface area contributed by atoms with Gasteiger partial charge < -0.3 is 19.6 Å². The highest BCUT2D eigenvalue weighted by molar-refractivity contribution is 7.91. The van der Waals surface area contributed by atoms with E-state index in [2.05, 4.69) is 47.9 Å². The van der Waals surface area contributed by atoms with Gasteiger partial charge in [0.1, 0.15) is 0 Å². The van der Waals surface area contributed by atoms with E-state index >= 15 is 0 Å². The molecule has 0 aromatic heterocycles. The fourth-order valence-electron chi connectivity index (χ4n) is 6.23. The lowest BCUT2D eigenvalue weighted by atomic mass is 9.74. The predicted molar refractivity (Wildman–Crippen MR) is 138 cm³/mol. The van der Waals surface area contributed by atoms with E-state index in [4.69, 9.17) is 0 Å². The summed E-state index contributed by atoms with van der Waals surface area (Å²) in [6.45, 7) is 7.60. The Labute approximate surface area is 208 Å². The van der Waals surface area contributed by atoms with Crippen molar-refractivity contribution in [2.24, 2.45) is 5.41 Å². The first-order chi connectivity index (χ1) is 16.4. The maximum absolute atomic E-state index is 13.4. The van der Waals surface area contributed by atoms with Crippen molar-refractivity contribution < 1.29 is 21.6 Å². The quantitative estimate of drug-likeness (QED) is 0.578. The third-order valence-electron chi connectivity index (χ3n) is 8.28. The molecule has 2 amide bonds. The molecule has 5 aliphatic rings. The summed E-state index contributed by atoms with van der Waals surface area (Å²) >= 11 is 0. The van der Waals surface area contributed by atoms with Crippen LogP contribution in [-0.4, -0.2) is 107 Å². The molecule has 1 aromatic carbocycles. The van der Waals surface area contributed by atoms with Gasteiger partial charge in [0.25, 0.3) is 0 Å². The standard InChI is InChI=1S/C24H36N4O5S2/c1-24(2)17-21-18-28(20-5-3-19(4-6-20)25-9-13-34(30,31)14-10-25)22(24)7-8-27(21)23(29)26-11-15-35(32,33)16-12-26/h3-6,21-22H,7-18H2,1-2H3/t21-,22-/m1/s1. The van der Waals surface area contributed by atoms with Crippen LogP contribution in [0.2, 0.25) is 0 Å². The molecule has 35 heavy (non-hydrogen) atoms. The molecule has 5 aliphatic heterocycles. The first-order valence-corrected chi connectivity index (χ1v) is 16.2. The smallest absolute Gasteiger partial charge is 0.320 e. The number of benzene rings is 1. The molecule has 2 atom stereocenters. The highest BCUT2D eigenvalue weighted by Gasteiger charge is 2.48. The molecule has 0 aliphatic carbocycles. The highest BCUT2D eigenvalue weighted by Crippen LogP contribution is 2.44. The number of carbonyl (C=O) groups is 1. The molecule has 0 N–H and O–H groups in total. The maximum atomic E-state index is 13.4. The Balaban J connectivity index is 1.32. The summed E-state index contributed by atoms with van der Waals surface area (Å²) in [6, 6.07) is 8.74. The van der Waals surface area contributed by atoms with Crippen molar-refractivity contribution in [3.63, 3.8) is 0 Å². The third-order valence-corrected chi connectivity index (χ3v) is 11.5. The number of rotatable bonds is 2. The van der Waals surface area contributed by atoms with Gasteiger partial charge in [0, 0.05) is 56.7 Å². The number of piperidine rings is 1.